The first-order valence-electron chi connectivity index (χ1n) is 6.67. The summed E-state index contributed by atoms with van der Waals surface area (Å²) < 4.78 is 0. The molecule has 0 aliphatic rings. The van der Waals surface area contributed by atoms with Gasteiger partial charge >= 0.3 is 0 Å². The van der Waals surface area contributed by atoms with E-state index in [1.165, 1.54) is 24.6 Å². The quantitative estimate of drug-likeness (QED) is 0.321. The van der Waals surface area contributed by atoms with E-state index in [0.717, 1.165) is 31.2 Å². The Labute approximate surface area is 109 Å². The number of hydrogen-bond acceptors (Lipinski definition) is 3. The van der Waals surface area contributed by atoms with Gasteiger partial charge in [-0.15, -0.1) is 0 Å². The molecule has 0 bridgehead atoms. The highest BCUT2D eigenvalue weighted by molar-refractivity contribution is 5.81. The fraction of sp³-hybridized carbons (Fsp3) is 0.533. The Morgan fingerprint density at radius 3 is 2.61 bits per heavy atom. The van der Waals surface area contributed by atoms with Crippen LogP contribution in [0.25, 0.3) is 0 Å². The number of benzene rings is 1. The predicted octanol–water partition coefficient (Wildman–Crippen LogP) is 3.37. The van der Waals surface area contributed by atoms with Crippen LogP contribution in [-0.4, -0.2) is 22.6 Å². The van der Waals surface area contributed by atoms with E-state index in [2.05, 4.69) is 11.2 Å². The van der Waals surface area contributed by atoms with Crippen LogP contribution >= 0.6 is 0 Å². The van der Waals surface area contributed by atoms with Gasteiger partial charge in [0.2, 0.25) is 0 Å². The molecule has 18 heavy (non-hydrogen) atoms. The highest BCUT2D eigenvalue weighted by Gasteiger charge is 2.00. The van der Waals surface area contributed by atoms with Crippen molar-refractivity contribution in [3.8, 4) is 0 Å². The van der Waals surface area contributed by atoms with Crippen LogP contribution in [0.2, 0.25) is 0 Å². The molecule has 0 aromatic heterocycles. The van der Waals surface area contributed by atoms with E-state index < -0.39 is 0 Å². The number of nitrogens with zero attached hydrogens (tertiary/aromatic N) is 1. The smallest absolute Gasteiger partial charge is 0.0736 e. The Kier molecular flexibility index (Phi) is 7.11. The molecular formula is C15H23NO2. The molecule has 0 saturated carbocycles. The van der Waals surface area contributed by atoms with Gasteiger partial charge in [-0.25, -0.2) is 0 Å². The molecule has 1 aromatic carbocycles. The van der Waals surface area contributed by atoms with E-state index >= 15 is 0 Å². The number of aryl methyl sites for hydroxylation is 1. The van der Waals surface area contributed by atoms with Crippen LogP contribution in [0, 0.1) is 0 Å². The third-order valence-corrected chi connectivity index (χ3v) is 3.07. The topological polar surface area (TPSA) is 52.8 Å². The number of aliphatic hydroxyl groups is 1. The van der Waals surface area contributed by atoms with Crippen molar-refractivity contribution >= 4 is 6.21 Å². The van der Waals surface area contributed by atoms with Gasteiger partial charge in [-0.2, -0.15) is 0 Å². The van der Waals surface area contributed by atoms with E-state index in [1.807, 2.05) is 25.1 Å². The van der Waals surface area contributed by atoms with Crippen LogP contribution in [0.4, 0.5) is 0 Å². The van der Waals surface area contributed by atoms with Crippen molar-refractivity contribution in [2.45, 2.75) is 51.6 Å². The van der Waals surface area contributed by atoms with Gasteiger partial charge in [0.15, 0.2) is 0 Å². The van der Waals surface area contributed by atoms with Gasteiger partial charge in [0.1, 0.15) is 0 Å². The summed E-state index contributed by atoms with van der Waals surface area (Å²) in [6.45, 7) is 1.84. The monoisotopic (exact) mass is 249 g/mol. The zero-order chi connectivity index (χ0) is 13.2. The molecule has 1 aromatic rings. The third-order valence-electron chi connectivity index (χ3n) is 3.07. The second-order valence-electron chi connectivity index (χ2n) is 4.75. The highest BCUT2D eigenvalue weighted by Crippen LogP contribution is 2.13. The number of oxime groups is 1. The summed E-state index contributed by atoms with van der Waals surface area (Å²) in [5.41, 5.74) is 2.22. The van der Waals surface area contributed by atoms with Crippen molar-refractivity contribution in [2.24, 2.45) is 5.16 Å². The molecule has 3 heteroatoms. The summed E-state index contributed by atoms with van der Waals surface area (Å²) in [6, 6.07) is 8.00. The normalized spacial score (nSPS) is 13.0. The second kappa shape index (κ2) is 8.70. The fourth-order valence-corrected chi connectivity index (χ4v) is 2.06. The molecule has 0 radical (unpaired) electrons. The number of rotatable bonds is 8. The van der Waals surface area contributed by atoms with E-state index in [0.29, 0.717) is 0 Å². The SMILES string of the molecule is CC(O)CCCCCCc1ccccc1C=NO. The van der Waals surface area contributed by atoms with Crippen molar-refractivity contribution in [3.63, 3.8) is 0 Å². The largest absolute Gasteiger partial charge is 0.411 e. The van der Waals surface area contributed by atoms with E-state index in [4.69, 9.17) is 10.3 Å². The third kappa shape index (κ3) is 5.82. The van der Waals surface area contributed by atoms with Crippen LogP contribution in [0.5, 0.6) is 0 Å². The van der Waals surface area contributed by atoms with Crippen molar-refractivity contribution in [1.82, 2.24) is 0 Å². The van der Waals surface area contributed by atoms with Crippen LogP contribution in [0.15, 0.2) is 29.4 Å². The molecule has 0 saturated heterocycles. The van der Waals surface area contributed by atoms with Crippen molar-refractivity contribution < 1.29 is 10.3 Å². The lowest BCUT2D eigenvalue weighted by Gasteiger charge is -2.06. The number of hydrogen-bond donors (Lipinski definition) is 2. The minimum Gasteiger partial charge on any atom is -0.411 e. The van der Waals surface area contributed by atoms with E-state index in [9.17, 15) is 0 Å². The molecule has 0 amide bonds. The summed E-state index contributed by atoms with van der Waals surface area (Å²) >= 11 is 0. The summed E-state index contributed by atoms with van der Waals surface area (Å²) in [4.78, 5) is 0. The maximum atomic E-state index is 9.14. The molecule has 2 N–H and O–H groups in total. The molecule has 0 spiro atoms. The zero-order valence-corrected chi connectivity index (χ0v) is 11.0. The van der Waals surface area contributed by atoms with Gasteiger partial charge in [0.05, 0.1) is 12.3 Å². The first-order chi connectivity index (χ1) is 8.74. The van der Waals surface area contributed by atoms with Crippen molar-refractivity contribution in [2.75, 3.05) is 0 Å². The Bertz CT molecular complexity index is 361. The second-order valence-corrected chi connectivity index (χ2v) is 4.75. The molecule has 0 aliphatic carbocycles. The molecule has 0 heterocycles. The molecule has 1 rings (SSSR count). The first kappa shape index (κ1) is 14.7. The highest BCUT2D eigenvalue weighted by atomic mass is 16.4. The number of unbranched alkanes of at least 4 members (excludes halogenated alkanes) is 3. The minimum atomic E-state index is -0.175. The van der Waals surface area contributed by atoms with Crippen LogP contribution in [0.3, 0.4) is 0 Å². The first-order valence-corrected chi connectivity index (χ1v) is 6.67. The molecule has 100 valence electrons. The van der Waals surface area contributed by atoms with Gasteiger partial charge < -0.3 is 10.3 Å². The average molecular weight is 249 g/mol. The van der Waals surface area contributed by atoms with Crippen LogP contribution in [0.1, 0.15) is 50.2 Å². The Balaban J connectivity index is 2.27. The molecule has 1 unspecified atom stereocenters. The molecule has 3 nitrogen and oxygen atoms in total. The lowest BCUT2D eigenvalue weighted by Crippen LogP contribution is -1.98. The van der Waals surface area contributed by atoms with Gasteiger partial charge in [0.25, 0.3) is 0 Å². The molecule has 0 aliphatic heterocycles. The Morgan fingerprint density at radius 1 is 1.17 bits per heavy atom. The predicted molar refractivity (Wildman–Crippen MR) is 74.3 cm³/mol. The Morgan fingerprint density at radius 2 is 1.89 bits per heavy atom. The summed E-state index contributed by atoms with van der Waals surface area (Å²) in [5.74, 6) is 0. The van der Waals surface area contributed by atoms with E-state index in [1.54, 1.807) is 0 Å². The standard InChI is InChI=1S/C15H23NO2/c1-13(17)8-4-2-3-5-9-14-10-6-7-11-15(14)12-16-18/h6-7,10-13,17-18H,2-5,8-9H2,1H3. The van der Waals surface area contributed by atoms with Crippen molar-refractivity contribution in [1.29, 1.82) is 0 Å². The van der Waals surface area contributed by atoms with Crippen LogP contribution < -0.4 is 0 Å². The maximum absolute atomic E-state index is 9.14. The summed E-state index contributed by atoms with van der Waals surface area (Å²) in [5, 5.41) is 20.8. The fourth-order valence-electron chi connectivity index (χ4n) is 2.06. The summed E-state index contributed by atoms with van der Waals surface area (Å²) in [7, 11) is 0. The van der Waals surface area contributed by atoms with Gasteiger partial charge in [-0.05, 0) is 37.3 Å². The van der Waals surface area contributed by atoms with Crippen molar-refractivity contribution in [3.05, 3.63) is 35.4 Å². The average Bonchev–Trinajstić information content (AvgIpc) is 2.35. The number of aliphatic hydroxyl groups excluding tert-OH is 1. The molecule has 0 fully saturated rings. The van der Waals surface area contributed by atoms with E-state index in [-0.39, 0.29) is 6.10 Å². The van der Waals surface area contributed by atoms with Gasteiger partial charge in [-0.3, -0.25) is 0 Å². The Hall–Kier alpha value is -1.35. The van der Waals surface area contributed by atoms with Crippen LogP contribution in [-0.2, 0) is 6.42 Å². The van der Waals surface area contributed by atoms with Gasteiger partial charge in [0, 0.05) is 0 Å². The maximum Gasteiger partial charge on any atom is 0.0736 e. The zero-order valence-electron chi connectivity index (χ0n) is 11.0. The lowest BCUT2D eigenvalue weighted by molar-refractivity contribution is 0.180. The molecule has 1 atom stereocenters. The van der Waals surface area contributed by atoms with Gasteiger partial charge in [-0.1, -0.05) is 48.7 Å². The lowest BCUT2D eigenvalue weighted by atomic mass is 10.0. The summed E-state index contributed by atoms with van der Waals surface area (Å²) in [6.07, 6.45) is 7.80. The minimum absolute atomic E-state index is 0.175. The molecular weight excluding hydrogens is 226 g/mol.